The Kier molecular flexibility index (Phi) is 7.76. The lowest BCUT2D eigenvalue weighted by Crippen LogP contribution is -2.42. The zero-order valence-corrected chi connectivity index (χ0v) is 18.6. The maximum Gasteiger partial charge on any atom is 0.255 e. The van der Waals surface area contributed by atoms with Crippen LogP contribution in [0.5, 0.6) is 0 Å². The lowest BCUT2D eigenvalue weighted by molar-refractivity contribution is 0.0803. The number of rotatable bonds is 5. The van der Waals surface area contributed by atoms with E-state index in [4.69, 9.17) is 0 Å². The number of carbonyl (C=O) groups excluding carboxylic acids is 1. The Hall–Kier alpha value is -2.50. The first kappa shape index (κ1) is 25.1. The van der Waals surface area contributed by atoms with Crippen molar-refractivity contribution < 1.29 is 35.9 Å². The molecule has 2 atom stereocenters. The van der Waals surface area contributed by atoms with Gasteiger partial charge >= 0.3 is 0 Å². The number of aliphatic hydroxyl groups excluding tert-OH is 1. The molecule has 6 nitrogen and oxygen atoms in total. The standard InChI is InChI=1S/C22H24F4N2O4S/c1-13-4-2-3-7-28(12-19(13)29)33(31,32)20-8-14(5-6-15(20)11-23)22(30)27-16-9-17(24)21(26)18(25)10-16/h5-6,8-10,13,19,29H,2-4,7,11-12H2,1H3,(H,27,30). The Morgan fingerprint density at radius 1 is 1.15 bits per heavy atom. The molecule has 2 aromatic rings. The highest BCUT2D eigenvalue weighted by atomic mass is 32.2. The molecule has 1 saturated heterocycles. The summed E-state index contributed by atoms with van der Waals surface area (Å²) in [6.07, 6.45) is 1.13. The fourth-order valence-electron chi connectivity index (χ4n) is 3.66. The van der Waals surface area contributed by atoms with Crippen molar-refractivity contribution in [2.24, 2.45) is 5.92 Å². The number of aliphatic hydroxyl groups is 1. The van der Waals surface area contributed by atoms with E-state index in [2.05, 4.69) is 5.32 Å². The fraction of sp³-hybridized carbons (Fsp3) is 0.409. The van der Waals surface area contributed by atoms with Gasteiger partial charge in [-0.05, 0) is 30.9 Å². The summed E-state index contributed by atoms with van der Waals surface area (Å²) >= 11 is 0. The van der Waals surface area contributed by atoms with Crippen LogP contribution in [0, 0.1) is 23.4 Å². The van der Waals surface area contributed by atoms with Crippen LogP contribution in [0.4, 0.5) is 23.2 Å². The molecular weight excluding hydrogens is 464 g/mol. The van der Waals surface area contributed by atoms with Gasteiger partial charge in [-0.25, -0.2) is 26.0 Å². The number of hydrogen-bond acceptors (Lipinski definition) is 4. The molecule has 11 heteroatoms. The van der Waals surface area contributed by atoms with Crippen LogP contribution in [-0.4, -0.2) is 42.9 Å². The number of alkyl halides is 1. The number of halogens is 4. The summed E-state index contributed by atoms with van der Waals surface area (Å²) in [7, 11) is -4.26. The van der Waals surface area contributed by atoms with Crippen molar-refractivity contribution in [3.8, 4) is 0 Å². The molecule has 0 aliphatic carbocycles. The second-order valence-electron chi connectivity index (χ2n) is 8.07. The molecule has 180 valence electrons. The van der Waals surface area contributed by atoms with Crippen LogP contribution < -0.4 is 5.32 Å². The topological polar surface area (TPSA) is 86.7 Å². The number of amides is 1. The molecule has 1 aliphatic heterocycles. The van der Waals surface area contributed by atoms with Crippen molar-refractivity contribution in [2.75, 3.05) is 18.4 Å². The van der Waals surface area contributed by atoms with Gasteiger partial charge in [0.05, 0.1) is 11.0 Å². The van der Waals surface area contributed by atoms with Gasteiger partial charge in [-0.1, -0.05) is 19.4 Å². The first-order chi connectivity index (χ1) is 15.5. The van der Waals surface area contributed by atoms with Crippen molar-refractivity contribution in [3.63, 3.8) is 0 Å². The van der Waals surface area contributed by atoms with E-state index in [1.165, 1.54) is 6.07 Å². The lowest BCUT2D eigenvalue weighted by Gasteiger charge is -2.30. The quantitative estimate of drug-likeness (QED) is 0.492. The molecule has 1 aliphatic rings. The molecule has 0 spiro atoms. The zero-order chi connectivity index (χ0) is 24.3. The molecule has 0 bridgehead atoms. The first-order valence-corrected chi connectivity index (χ1v) is 11.8. The van der Waals surface area contributed by atoms with Gasteiger partial charge in [0.1, 0.15) is 6.67 Å². The molecule has 1 amide bonds. The van der Waals surface area contributed by atoms with Crippen molar-refractivity contribution in [3.05, 3.63) is 58.9 Å². The Balaban J connectivity index is 1.93. The number of sulfonamides is 1. The average molecular weight is 489 g/mol. The minimum atomic E-state index is -4.26. The Bertz CT molecular complexity index is 1120. The number of nitrogens with zero attached hydrogens (tertiary/aromatic N) is 1. The molecule has 1 heterocycles. The van der Waals surface area contributed by atoms with Crippen LogP contribution in [0.2, 0.25) is 0 Å². The van der Waals surface area contributed by atoms with E-state index in [-0.39, 0.29) is 35.8 Å². The molecule has 1 fully saturated rings. The van der Waals surface area contributed by atoms with Crippen LogP contribution in [0.15, 0.2) is 35.2 Å². The highest BCUT2D eigenvalue weighted by Gasteiger charge is 2.32. The summed E-state index contributed by atoms with van der Waals surface area (Å²) in [4.78, 5) is 12.1. The van der Waals surface area contributed by atoms with E-state index in [1.807, 2.05) is 6.92 Å². The summed E-state index contributed by atoms with van der Waals surface area (Å²) in [5.74, 6) is -5.75. The maximum absolute atomic E-state index is 13.6. The number of anilines is 1. The molecule has 0 aromatic heterocycles. The third-order valence-corrected chi connectivity index (χ3v) is 7.64. The summed E-state index contributed by atoms with van der Waals surface area (Å²) in [6.45, 7) is 0.666. The highest BCUT2D eigenvalue weighted by molar-refractivity contribution is 7.89. The summed E-state index contributed by atoms with van der Waals surface area (Å²) in [5.41, 5.74) is -0.761. The Morgan fingerprint density at radius 2 is 1.82 bits per heavy atom. The van der Waals surface area contributed by atoms with Gasteiger partial charge < -0.3 is 10.4 Å². The largest absolute Gasteiger partial charge is 0.391 e. The van der Waals surface area contributed by atoms with Gasteiger partial charge in [-0.3, -0.25) is 4.79 Å². The minimum absolute atomic E-state index is 0.114. The molecule has 2 aromatic carbocycles. The monoisotopic (exact) mass is 488 g/mol. The smallest absolute Gasteiger partial charge is 0.255 e. The van der Waals surface area contributed by atoms with Crippen molar-refractivity contribution in [2.45, 2.75) is 43.9 Å². The summed E-state index contributed by atoms with van der Waals surface area (Å²) in [5, 5.41) is 12.5. The number of nitrogens with one attached hydrogen (secondary N) is 1. The van der Waals surface area contributed by atoms with Gasteiger partial charge in [0.25, 0.3) is 5.91 Å². The van der Waals surface area contributed by atoms with E-state index < -0.39 is 51.1 Å². The highest BCUT2D eigenvalue weighted by Crippen LogP contribution is 2.27. The normalized spacial score (nSPS) is 20.2. The second kappa shape index (κ2) is 10.2. The number of benzene rings is 2. The molecule has 0 radical (unpaired) electrons. The van der Waals surface area contributed by atoms with Gasteiger partial charge in [0.2, 0.25) is 10.0 Å². The van der Waals surface area contributed by atoms with E-state index in [0.717, 1.165) is 22.9 Å². The first-order valence-electron chi connectivity index (χ1n) is 10.4. The third-order valence-electron chi connectivity index (χ3n) is 5.70. The average Bonchev–Trinajstić information content (AvgIpc) is 2.77. The number of hydrogen-bond donors (Lipinski definition) is 2. The maximum atomic E-state index is 13.6. The number of β-amino-alcohol motifs (C(OH)–C–C–N with tert-alkyl or cyclic N) is 1. The van der Waals surface area contributed by atoms with E-state index >= 15 is 0 Å². The van der Waals surface area contributed by atoms with Crippen molar-refractivity contribution in [1.82, 2.24) is 4.31 Å². The predicted octanol–water partition coefficient (Wildman–Crippen LogP) is 4.00. The van der Waals surface area contributed by atoms with Crippen LogP contribution in [-0.2, 0) is 16.7 Å². The van der Waals surface area contributed by atoms with E-state index in [1.54, 1.807) is 0 Å². The lowest BCUT2D eigenvalue weighted by atomic mass is 9.96. The van der Waals surface area contributed by atoms with Crippen molar-refractivity contribution in [1.29, 1.82) is 0 Å². The minimum Gasteiger partial charge on any atom is -0.391 e. The fourth-order valence-corrected chi connectivity index (χ4v) is 5.39. The van der Waals surface area contributed by atoms with Gasteiger partial charge in [0, 0.05) is 42.0 Å². The van der Waals surface area contributed by atoms with Crippen LogP contribution in [0.3, 0.4) is 0 Å². The molecule has 3 rings (SSSR count). The van der Waals surface area contributed by atoms with E-state index in [9.17, 15) is 35.9 Å². The Labute approximate surface area is 189 Å². The molecule has 33 heavy (non-hydrogen) atoms. The molecule has 2 N–H and O–H groups in total. The Morgan fingerprint density at radius 3 is 2.45 bits per heavy atom. The van der Waals surface area contributed by atoms with Crippen LogP contribution >= 0.6 is 0 Å². The zero-order valence-electron chi connectivity index (χ0n) is 17.8. The van der Waals surface area contributed by atoms with Gasteiger partial charge in [-0.2, -0.15) is 4.31 Å². The summed E-state index contributed by atoms with van der Waals surface area (Å²) in [6, 6.07) is 4.43. The molecular formula is C22H24F4N2O4S. The van der Waals surface area contributed by atoms with Crippen molar-refractivity contribution >= 4 is 21.6 Å². The van der Waals surface area contributed by atoms with Gasteiger partial charge in [-0.15, -0.1) is 0 Å². The van der Waals surface area contributed by atoms with Crippen LogP contribution in [0.1, 0.15) is 42.1 Å². The molecule has 0 saturated carbocycles. The van der Waals surface area contributed by atoms with Crippen LogP contribution in [0.25, 0.3) is 0 Å². The summed E-state index contributed by atoms with van der Waals surface area (Å²) < 4.78 is 81.3. The van der Waals surface area contributed by atoms with E-state index in [0.29, 0.717) is 25.0 Å². The second-order valence-corrected chi connectivity index (χ2v) is 9.97. The predicted molar refractivity (Wildman–Crippen MR) is 113 cm³/mol. The third kappa shape index (κ3) is 5.53. The molecule has 2 unspecified atom stereocenters. The SMILES string of the molecule is CC1CCCCN(S(=O)(=O)c2cc(C(=O)Nc3cc(F)c(F)c(F)c3)ccc2CF)CC1O. The number of carbonyl (C=O) groups is 1. The van der Waals surface area contributed by atoms with Gasteiger partial charge in [0.15, 0.2) is 17.5 Å².